The minimum atomic E-state index is -0.494. The SMILES string of the molecule is CCCC(=O)Nc1ccc(C(=O)NNC(=O)/C=C/c2ccccc2Cl)cc1. The van der Waals surface area contributed by atoms with Gasteiger partial charge in [-0.3, -0.25) is 25.2 Å². The van der Waals surface area contributed by atoms with Crippen molar-refractivity contribution >= 4 is 41.1 Å². The van der Waals surface area contributed by atoms with E-state index in [0.29, 0.717) is 28.3 Å². The molecule has 2 rings (SSSR count). The van der Waals surface area contributed by atoms with Crippen LogP contribution in [0.4, 0.5) is 5.69 Å². The van der Waals surface area contributed by atoms with Gasteiger partial charge in [-0.25, -0.2) is 0 Å². The minimum Gasteiger partial charge on any atom is -0.326 e. The molecular weight excluding hydrogens is 366 g/mol. The highest BCUT2D eigenvalue weighted by atomic mass is 35.5. The third-order valence-corrected chi connectivity index (χ3v) is 3.87. The Hall–Kier alpha value is -3.12. The van der Waals surface area contributed by atoms with E-state index < -0.39 is 11.8 Å². The van der Waals surface area contributed by atoms with Crippen molar-refractivity contribution in [2.75, 3.05) is 5.32 Å². The van der Waals surface area contributed by atoms with Crippen LogP contribution in [0.25, 0.3) is 6.08 Å². The lowest BCUT2D eigenvalue weighted by molar-refractivity contribution is -0.117. The number of rotatable bonds is 6. The van der Waals surface area contributed by atoms with E-state index >= 15 is 0 Å². The molecule has 0 saturated heterocycles. The van der Waals surface area contributed by atoms with Crippen LogP contribution in [0.15, 0.2) is 54.6 Å². The highest BCUT2D eigenvalue weighted by Gasteiger charge is 2.07. The molecule has 7 heteroatoms. The van der Waals surface area contributed by atoms with Gasteiger partial charge in [-0.2, -0.15) is 0 Å². The van der Waals surface area contributed by atoms with Crippen LogP contribution in [0.5, 0.6) is 0 Å². The molecule has 0 atom stereocenters. The second-order valence-corrected chi connectivity index (χ2v) is 6.08. The third kappa shape index (κ3) is 6.60. The molecule has 0 bridgehead atoms. The Balaban J connectivity index is 1.85. The van der Waals surface area contributed by atoms with Crippen molar-refractivity contribution in [1.29, 1.82) is 0 Å². The normalized spacial score (nSPS) is 10.4. The molecule has 0 radical (unpaired) electrons. The van der Waals surface area contributed by atoms with Crippen molar-refractivity contribution in [3.8, 4) is 0 Å². The van der Waals surface area contributed by atoms with Crippen molar-refractivity contribution in [1.82, 2.24) is 10.9 Å². The zero-order chi connectivity index (χ0) is 19.6. The maximum Gasteiger partial charge on any atom is 0.269 e. The van der Waals surface area contributed by atoms with Crippen LogP contribution in [0.1, 0.15) is 35.7 Å². The molecule has 27 heavy (non-hydrogen) atoms. The van der Waals surface area contributed by atoms with Crippen molar-refractivity contribution in [3.63, 3.8) is 0 Å². The molecule has 0 heterocycles. The smallest absolute Gasteiger partial charge is 0.269 e. The first-order chi connectivity index (χ1) is 13.0. The van der Waals surface area contributed by atoms with E-state index in [1.54, 1.807) is 54.6 Å². The zero-order valence-electron chi connectivity index (χ0n) is 14.8. The molecule has 3 N–H and O–H groups in total. The Morgan fingerprint density at radius 1 is 1.00 bits per heavy atom. The molecule has 0 aliphatic carbocycles. The Morgan fingerprint density at radius 3 is 2.37 bits per heavy atom. The van der Waals surface area contributed by atoms with Crippen LogP contribution >= 0.6 is 11.6 Å². The number of benzene rings is 2. The van der Waals surface area contributed by atoms with Gasteiger partial charge >= 0.3 is 0 Å². The number of anilines is 1. The number of hydrazine groups is 1. The molecule has 0 aromatic heterocycles. The molecule has 0 unspecified atom stereocenters. The van der Waals surface area contributed by atoms with Gasteiger partial charge < -0.3 is 5.32 Å². The predicted octanol–water partition coefficient (Wildman–Crippen LogP) is 3.55. The largest absolute Gasteiger partial charge is 0.326 e. The second-order valence-electron chi connectivity index (χ2n) is 5.67. The number of amides is 3. The number of hydrogen-bond acceptors (Lipinski definition) is 3. The maximum absolute atomic E-state index is 12.1. The molecule has 0 aliphatic heterocycles. The molecule has 3 amide bonds. The van der Waals surface area contributed by atoms with Crippen LogP contribution in [0.3, 0.4) is 0 Å². The summed E-state index contributed by atoms with van der Waals surface area (Å²) in [4.78, 5) is 35.4. The average molecular weight is 386 g/mol. The van der Waals surface area contributed by atoms with Crippen LogP contribution in [-0.2, 0) is 9.59 Å². The summed E-state index contributed by atoms with van der Waals surface area (Å²) < 4.78 is 0. The number of hydrogen-bond donors (Lipinski definition) is 3. The summed E-state index contributed by atoms with van der Waals surface area (Å²) in [5.74, 6) is -1.04. The fraction of sp³-hybridized carbons (Fsp3) is 0.150. The summed E-state index contributed by atoms with van der Waals surface area (Å²) >= 11 is 6.00. The van der Waals surface area contributed by atoms with E-state index in [4.69, 9.17) is 11.6 Å². The van der Waals surface area contributed by atoms with Crippen molar-refractivity contribution < 1.29 is 14.4 Å². The highest BCUT2D eigenvalue weighted by Crippen LogP contribution is 2.16. The van der Waals surface area contributed by atoms with E-state index in [1.165, 1.54) is 6.08 Å². The van der Waals surface area contributed by atoms with Gasteiger partial charge in [0.2, 0.25) is 5.91 Å². The summed E-state index contributed by atoms with van der Waals surface area (Å²) in [6.45, 7) is 1.92. The van der Waals surface area contributed by atoms with Crippen LogP contribution in [0, 0.1) is 0 Å². The van der Waals surface area contributed by atoms with Gasteiger partial charge in [0.25, 0.3) is 11.8 Å². The van der Waals surface area contributed by atoms with Crippen molar-refractivity contribution in [2.24, 2.45) is 0 Å². The summed E-state index contributed by atoms with van der Waals surface area (Å²) in [7, 11) is 0. The molecule has 0 spiro atoms. The predicted molar refractivity (Wildman–Crippen MR) is 106 cm³/mol. The Labute approximate surface area is 162 Å². The highest BCUT2D eigenvalue weighted by molar-refractivity contribution is 6.32. The summed E-state index contributed by atoms with van der Waals surface area (Å²) in [5.41, 5.74) is 6.27. The Morgan fingerprint density at radius 2 is 1.70 bits per heavy atom. The van der Waals surface area contributed by atoms with E-state index in [2.05, 4.69) is 16.2 Å². The fourth-order valence-corrected chi connectivity index (χ4v) is 2.36. The molecule has 0 saturated carbocycles. The van der Waals surface area contributed by atoms with Gasteiger partial charge in [0.1, 0.15) is 0 Å². The fourth-order valence-electron chi connectivity index (χ4n) is 2.16. The molecule has 140 valence electrons. The van der Waals surface area contributed by atoms with Crippen LogP contribution in [-0.4, -0.2) is 17.7 Å². The molecule has 2 aromatic rings. The Bertz CT molecular complexity index is 848. The van der Waals surface area contributed by atoms with Gasteiger partial charge in [-0.1, -0.05) is 36.7 Å². The first-order valence-corrected chi connectivity index (χ1v) is 8.80. The maximum atomic E-state index is 12.1. The molecule has 6 nitrogen and oxygen atoms in total. The second kappa shape index (κ2) is 10.1. The van der Waals surface area contributed by atoms with Crippen LogP contribution in [0.2, 0.25) is 5.02 Å². The number of nitrogens with one attached hydrogen (secondary N) is 3. The lowest BCUT2D eigenvalue weighted by atomic mass is 10.2. The van der Waals surface area contributed by atoms with Gasteiger partial charge in [-0.05, 0) is 48.4 Å². The first-order valence-electron chi connectivity index (χ1n) is 8.42. The van der Waals surface area contributed by atoms with E-state index in [-0.39, 0.29) is 5.91 Å². The number of carbonyl (C=O) groups excluding carboxylic acids is 3. The van der Waals surface area contributed by atoms with Gasteiger partial charge in [0.15, 0.2) is 0 Å². The summed E-state index contributed by atoms with van der Waals surface area (Å²) in [5, 5.41) is 3.26. The summed E-state index contributed by atoms with van der Waals surface area (Å²) in [6.07, 6.45) is 4.03. The molecular formula is C20H20ClN3O3. The van der Waals surface area contributed by atoms with Gasteiger partial charge in [0.05, 0.1) is 0 Å². The lowest BCUT2D eigenvalue weighted by Gasteiger charge is -2.07. The number of carbonyl (C=O) groups is 3. The van der Waals surface area contributed by atoms with Gasteiger partial charge in [0, 0.05) is 28.8 Å². The molecule has 0 aliphatic rings. The Kier molecular flexibility index (Phi) is 7.58. The van der Waals surface area contributed by atoms with Gasteiger partial charge in [-0.15, -0.1) is 0 Å². The van der Waals surface area contributed by atoms with E-state index in [0.717, 1.165) is 6.42 Å². The first kappa shape index (κ1) is 20.2. The van der Waals surface area contributed by atoms with Crippen LogP contribution < -0.4 is 16.2 Å². The zero-order valence-corrected chi connectivity index (χ0v) is 15.5. The summed E-state index contributed by atoms with van der Waals surface area (Å²) in [6, 6.07) is 13.5. The monoisotopic (exact) mass is 385 g/mol. The van der Waals surface area contributed by atoms with Crippen molar-refractivity contribution in [2.45, 2.75) is 19.8 Å². The van der Waals surface area contributed by atoms with E-state index in [1.807, 2.05) is 6.92 Å². The molecule has 2 aromatic carbocycles. The quantitative estimate of drug-likeness (QED) is 0.525. The lowest BCUT2D eigenvalue weighted by Crippen LogP contribution is -2.40. The topological polar surface area (TPSA) is 87.3 Å². The average Bonchev–Trinajstić information content (AvgIpc) is 2.66. The van der Waals surface area contributed by atoms with Crippen molar-refractivity contribution in [3.05, 3.63) is 70.8 Å². The number of halogens is 1. The third-order valence-electron chi connectivity index (χ3n) is 3.53. The molecule has 0 fully saturated rings. The van der Waals surface area contributed by atoms with E-state index in [9.17, 15) is 14.4 Å². The standard InChI is InChI=1S/C20H20ClN3O3/c1-2-5-18(25)22-16-11-8-15(9-12-16)20(27)24-23-19(26)13-10-14-6-3-4-7-17(14)21/h3-4,6-13H,2,5H2,1H3,(H,22,25)(H,23,26)(H,24,27)/b13-10+. The minimum absolute atomic E-state index is 0.0766.